The van der Waals surface area contributed by atoms with Gasteiger partial charge in [0.2, 0.25) is 0 Å². The normalized spacial score (nSPS) is 42.2. The fourth-order valence-electron chi connectivity index (χ4n) is 1.08. The molecule has 0 aromatic carbocycles. The predicted octanol–water partition coefficient (Wildman–Crippen LogP) is -3.62. The van der Waals surface area contributed by atoms with E-state index in [2.05, 4.69) is 4.74 Å². The Morgan fingerprint density at radius 2 is 1.43 bits per heavy atom. The van der Waals surface area contributed by atoms with Gasteiger partial charge in [-0.2, -0.15) is 0 Å². The zero-order valence-electron chi connectivity index (χ0n) is 7.15. The minimum absolute atomic E-state index is 0. The molecule has 0 spiro atoms. The van der Waals surface area contributed by atoms with Crippen LogP contribution < -0.4 is 0 Å². The number of hydrogen-bond acceptors (Lipinski definition) is 6. The van der Waals surface area contributed by atoms with Gasteiger partial charge in [-0.05, 0) is 0 Å². The van der Waals surface area contributed by atoms with Gasteiger partial charge >= 0.3 is 0 Å². The fourth-order valence-corrected chi connectivity index (χ4v) is 1.08. The average molecular weight is 235 g/mol. The molecule has 88 valence electrons. The largest absolute Gasteiger partial charge is 0.412 e. The third-order valence-corrected chi connectivity index (χ3v) is 1.87. The van der Waals surface area contributed by atoms with Gasteiger partial charge < -0.3 is 35.7 Å². The summed E-state index contributed by atoms with van der Waals surface area (Å²) in [7, 11) is 0. The van der Waals surface area contributed by atoms with E-state index < -0.39 is 37.3 Å². The molecule has 0 aromatic rings. The number of hydrogen-bond donors (Lipinski definition) is 5. The van der Waals surface area contributed by atoms with Crippen molar-refractivity contribution in [2.75, 3.05) is 6.61 Å². The Morgan fingerprint density at radius 3 is 1.86 bits per heavy atom. The Morgan fingerprint density at radius 1 is 0.929 bits per heavy atom. The van der Waals surface area contributed by atoms with Crippen molar-refractivity contribution in [3.8, 4) is 0 Å². The van der Waals surface area contributed by atoms with Crippen LogP contribution in [-0.2, 0) is 4.74 Å². The highest BCUT2D eigenvalue weighted by atomic mass is 35.5. The second kappa shape index (κ2) is 6.49. The van der Waals surface area contributed by atoms with Crippen molar-refractivity contribution in [2.24, 2.45) is 0 Å². The maximum atomic E-state index is 9.12. The number of rotatable bonds is 1. The van der Waals surface area contributed by atoms with E-state index in [1.165, 1.54) is 0 Å². The Balaban J connectivity index is 0. The fraction of sp³-hybridized carbons (Fsp3) is 1.00. The highest BCUT2D eigenvalue weighted by molar-refractivity contribution is 5.85. The Bertz CT molecular complexity index is 152. The van der Waals surface area contributed by atoms with Crippen molar-refractivity contribution in [3.05, 3.63) is 0 Å². The molecule has 14 heavy (non-hydrogen) atoms. The SMILES string of the molecule is Cl.O.OC[C@H]1OC(O)[C@H](O)[C@@H](O)[C@@H]1O. The van der Waals surface area contributed by atoms with Crippen LogP contribution in [0.3, 0.4) is 0 Å². The molecule has 7 N–H and O–H groups in total. The number of ether oxygens (including phenoxy) is 1. The summed E-state index contributed by atoms with van der Waals surface area (Å²) >= 11 is 0. The van der Waals surface area contributed by atoms with E-state index in [4.69, 9.17) is 25.5 Å². The van der Waals surface area contributed by atoms with Crippen LogP contribution in [-0.4, -0.2) is 68.3 Å². The van der Waals surface area contributed by atoms with Crippen LogP contribution >= 0.6 is 12.4 Å². The van der Waals surface area contributed by atoms with Crippen molar-refractivity contribution in [2.45, 2.75) is 30.7 Å². The molecule has 0 amide bonds. The first-order chi connectivity index (χ1) is 5.57. The third-order valence-electron chi connectivity index (χ3n) is 1.87. The van der Waals surface area contributed by atoms with E-state index >= 15 is 0 Å². The molecule has 1 heterocycles. The van der Waals surface area contributed by atoms with Gasteiger partial charge in [-0.3, -0.25) is 0 Å². The Labute approximate surface area is 86.3 Å². The lowest BCUT2D eigenvalue weighted by Gasteiger charge is -2.37. The molecule has 5 atom stereocenters. The number of halogens is 1. The summed E-state index contributed by atoms with van der Waals surface area (Å²) < 4.78 is 4.58. The van der Waals surface area contributed by atoms with E-state index in [0.717, 1.165) is 0 Å². The van der Waals surface area contributed by atoms with E-state index in [1.54, 1.807) is 0 Å². The lowest BCUT2D eigenvalue weighted by molar-refractivity contribution is -0.286. The van der Waals surface area contributed by atoms with Crippen molar-refractivity contribution < 1.29 is 35.7 Å². The molecule has 8 heteroatoms. The van der Waals surface area contributed by atoms with Gasteiger partial charge in [0.15, 0.2) is 6.29 Å². The van der Waals surface area contributed by atoms with Gasteiger partial charge in [-0.15, -0.1) is 12.4 Å². The van der Waals surface area contributed by atoms with Crippen LogP contribution in [0.4, 0.5) is 0 Å². The van der Waals surface area contributed by atoms with Crippen molar-refractivity contribution >= 4 is 12.4 Å². The second-order valence-corrected chi connectivity index (χ2v) is 2.72. The van der Waals surface area contributed by atoms with Gasteiger partial charge in [0.25, 0.3) is 0 Å². The van der Waals surface area contributed by atoms with Crippen molar-refractivity contribution in [3.63, 3.8) is 0 Å². The van der Waals surface area contributed by atoms with Crippen LogP contribution in [0.2, 0.25) is 0 Å². The zero-order valence-corrected chi connectivity index (χ0v) is 7.96. The molecule has 1 aliphatic heterocycles. The van der Waals surface area contributed by atoms with Gasteiger partial charge in [0.05, 0.1) is 6.61 Å². The molecular formula is C6H15ClO7. The Hall–Kier alpha value is 0.01000. The molecular weight excluding hydrogens is 220 g/mol. The molecule has 1 fully saturated rings. The summed E-state index contributed by atoms with van der Waals surface area (Å²) in [5.41, 5.74) is 0. The lowest BCUT2D eigenvalue weighted by atomic mass is 10.00. The van der Waals surface area contributed by atoms with Crippen LogP contribution in [0.15, 0.2) is 0 Å². The van der Waals surface area contributed by atoms with Gasteiger partial charge in [-0.25, -0.2) is 0 Å². The lowest BCUT2D eigenvalue weighted by Crippen LogP contribution is -2.58. The summed E-state index contributed by atoms with van der Waals surface area (Å²) in [5.74, 6) is 0. The highest BCUT2D eigenvalue weighted by Crippen LogP contribution is 2.18. The number of aliphatic hydroxyl groups excluding tert-OH is 5. The summed E-state index contributed by atoms with van der Waals surface area (Å²) in [5, 5.41) is 44.7. The molecule has 1 saturated heterocycles. The smallest absolute Gasteiger partial charge is 0.184 e. The molecule has 1 rings (SSSR count). The summed E-state index contributed by atoms with van der Waals surface area (Å²) in [4.78, 5) is 0. The monoisotopic (exact) mass is 234 g/mol. The van der Waals surface area contributed by atoms with E-state index in [0.29, 0.717) is 0 Å². The molecule has 0 aliphatic carbocycles. The first kappa shape index (κ1) is 16.4. The molecule has 7 nitrogen and oxygen atoms in total. The van der Waals surface area contributed by atoms with Crippen molar-refractivity contribution in [1.82, 2.24) is 0 Å². The standard InChI is InChI=1S/C6H12O6.ClH.H2O/c7-1-2-3(8)4(9)5(10)6(11)12-2;;/h2-11H,1H2;1H;1H2/t2-,3-,4+,5-,6?;;/m1../s1. The van der Waals surface area contributed by atoms with E-state index in [9.17, 15) is 0 Å². The molecule has 1 unspecified atom stereocenters. The van der Waals surface area contributed by atoms with E-state index in [-0.39, 0.29) is 17.9 Å². The predicted molar refractivity (Wildman–Crippen MR) is 46.8 cm³/mol. The summed E-state index contributed by atoms with van der Waals surface area (Å²) in [6, 6.07) is 0. The van der Waals surface area contributed by atoms with Crippen LogP contribution in [0.1, 0.15) is 0 Å². The van der Waals surface area contributed by atoms with Gasteiger partial charge in [0, 0.05) is 0 Å². The van der Waals surface area contributed by atoms with Crippen molar-refractivity contribution in [1.29, 1.82) is 0 Å². The van der Waals surface area contributed by atoms with Gasteiger partial charge in [-0.1, -0.05) is 0 Å². The highest BCUT2D eigenvalue weighted by Gasteiger charge is 2.42. The van der Waals surface area contributed by atoms with Gasteiger partial charge in [0.1, 0.15) is 24.4 Å². The molecule has 0 aromatic heterocycles. The summed E-state index contributed by atoms with van der Waals surface area (Å²) in [6.45, 7) is -0.526. The molecule has 0 bridgehead atoms. The molecule has 0 saturated carbocycles. The van der Waals surface area contributed by atoms with Crippen LogP contribution in [0.5, 0.6) is 0 Å². The second-order valence-electron chi connectivity index (χ2n) is 2.72. The summed E-state index contributed by atoms with van der Waals surface area (Å²) in [6.07, 6.45) is -7.04. The third kappa shape index (κ3) is 3.01. The molecule has 1 aliphatic rings. The average Bonchev–Trinajstić information content (AvgIpc) is 2.08. The van der Waals surface area contributed by atoms with Crippen LogP contribution in [0, 0.1) is 0 Å². The van der Waals surface area contributed by atoms with E-state index in [1.807, 2.05) is 0 Å². The van der Waals surface area contributed by atoms with Crippen LogP contribution in [0.25, 0.3) is 0 Å². The minimum atomic E-state index is -1.57. The molecule has 0 radical (unpaired) electrons. The Kier molecular flexibility index (Phi) is 7.62. The minimum Gasteiger partial charge on any atom is -0.412 e. The quantitative estimate of drug-likeness (QED) is 0.317. The zero-order chi connectivity index (χ0) is 9.30. The first-order valence-electron chi connectivity index (χ1n) is 3.56. The first-order valence-corrected chi connectivity index (χ1v) is 3.56. The maximum absolute atomic E-state index is 9.12. The topological polar surface area (TPSA) is 142 Å². The maximum Gasteiger partial charge on any atom is 0.184 e. The number of aliphatic hydroxyl groups is 5.